The van der Waals surface area contributed by atoms with E-state index in [1.807, 2.05) is 24.0 Å². The van der Waals surface area contributed by atoms with Crippen LogP contribution in [0.2, 0.25) is 0 Å². The van der Waals surface area contributed by atoms with Crippen molar-refractivity contribution in [1.82, 2.24) is 4.90 Å². The zero-order valence-corrected chi connectivity index (χ0v) is 17.4. The third-order valence-electron chi connectivity index (χ3n) is 5.85. The molecule has 0 spiro atoms. The van der Waals surface area contributed by atoms with Crippen LogP contribution < -0.4 is 0 Å². The number of hydrogen-bond donors (Lipinski definition) is 0. The molecule has 0 unspecified atom stereocenters. The molecule has 0 aromatic heterocycles. The fraction of sp³-hybridized carbons (Fsp3) is 0.682. The van der Waals surface area contributed by atoms with E-state index in [-0.39, 0.29) is 5.91 Å². The summed E-state index contributed by atoms with van der Waals surface area (Å²) < 4.78 is 6.35. The molecular weight excluding hydrogens is 346 g/mol. The number of carbonyl (C=O) groups excluding carboxylic acids is 1. The molecule has 2 fully saturated rings. The highest BCUT2D eigenvalue weighted by atomic mass is 35.5. The Morgan fingerprint density at radius 3 is 2.31 bits per heavy atom. The lowest BCUT2D eigenvalue weighted by Gasteiger charge is -2.42. The van der Waals surface area contributed by atoms with Gasteiger partial charge in [0.15, 0.2) is 5.60 Å². The van der Waals surface area contributed by atoms with Gasteiger partial charge >= 0.3 is 0 Å². The summed E-state index contributed by atoms with van der Waals surface area (Å²) in [5.41, 5.74) is -0.719. The molecule has 0 bridgehead atoms. The number of amides is 1. The van der Waals surface area contributed by atoms with Gasteiger partial charge in [0.05, 0.1) is 0 Å². The van der Waals surface area contributed by atoms with Crippen molar-refractivity contribution in [1.29, 1.82) is 0 Å². The maximum Gasteiger partial charge on any atom is 0.266 e. The number of piperidine rings is 1. The molecule has 0 atom stereocenters. The fourth-order valence-corrected chi connectivity index (χ4v) is 4.19. The number of halogens is 1. The Morgan fingerprint density at radius 1 is 1.19 bits per heavy atom. The summed E-state index contributed by atoms with van der Waals surface area (Å²) in [5.74, 6) is 2.29. The van der Waals surface area contributed by atoms with E-state index < -0.39 is 5.60 Å². The van der Waals surface area contributed by atoms with Gasteiger partial charge in [0.1, 0.15) is 5.76 Å². The van der Waals surface area contributed by atoms with Gasteiger partial charge in [-0.05, 0) is 75.5 Å². The van der Waals surface area contributed by atoms with Crippen molar-refractivity contribution in [3.8, 4) is 0 Å². The topological polar surface area (TPSA) is 29.5 Å². The van der Waals surface area contributed by atoms with E-state index in [1.165, 1.54) is 6.42 Å². The van der Waals surface area contributed by atoms with Crippen LogP contribution in [0.15, 0.2) is 35.6 Å². The van der Waals surface area contributed by atoms with Gasteiger partial charge in [-0.3, -0.25) is 4.79 Å². The summed E-state index contributed by atoms with van der Waals surface area (Å²) in [6, 6.07) is 0. The van der Waals surface area contributed by atoms with E-state index in [9.17, 15) is 4.79 Å². The van der Waals surface area contributed by atoms with Crippen LogP contribution in [0.25, 0.3) is 0 Å². The molecule has 0 aromatic carbocycles. The summed E-state index contributed by atoms with van der Waals surface area (Å²) in [6.45, 7) is 11.9. The van der Waals surface area contributed by atoms with E-state index in [2.05, 4.69) is 20.4 Å². The van der Waals surface area contributed by atoms with E-state index in [4.69, 9.17) is 16.3 Å². The first-order chi connectivity index (χ1) is 12.4. The van der Waals surface area contributed by atoms with Crippen LogP contribution in [0.4, 0.5) is 0 Å². The Morgan fingerprint density at radius 2 is 1.81 bits per heavy atom. The summed E-state index contributed by atoms with van der Waals surface area (Å²) in [4.78, 5) is 15.5. The summed E-state index contributed by atoms with van der Waals surface area (Å²) in [6.07, 6.45) is 12.5. The second-order valence-electron chi connectivity index (χ2n) is 8.00. The van der Waals surface area contributed by atoms with Gasteiger partial charge in [0.25, 0.3) is 5.91 Å². The number of nitrogens with zero attached hydrogens (tertiary/aromatic N) is 1. The second kappa shape index (κ2) is 9.64. The van der Waals surface area contributed by atoms with E-state index in [1.54, 1.807) is 6.08 Å². The quantitative estimate of drug-likeness (QED) is 0.430. The number of hydrogen-bond acceptors (Lipinski definition) is 2. The third kappa shape index (κ3) is 5.39. The van der Waals surface area contributed by atoms with Gasteiger partial charge in [-0.25, -0.2) is 0 Å². The first-order valence-electron chi connectivity index (χ1n) is 10.0. The predicted molar refractivity (Wildman–Crippen MR) is 109 cm³/mol. The Kier molecular flexibility index (Phi) is 7.82. The number of likely N-dealkylation sites (tertiary alicyclic amines) is 1. The highest BCUT2D eigenvalue weighted by molar-refractivity contribution is 6.30. The minimum atomic E-state index is -0.719. The van der Waals surface area contributed by atoms with Gasteiger partial charge in [-0.1, -0.05) is 38.4 Å². The molecule has 0 radical (unpaired) electrons. The minimum absolute atomic E-state index is 0.178. The van der Waals surface area contributed by atoms with E-state index >= 15 is 0 Å². The monoisotopic (exact) mass is 379 g/mol. The van der Waals surface area contributed by atoms with Gasteiger partial charge < -0.3 is 9.64 Å². The molecular formula is C22H34ClNO2. The molecule has 1 aliphatic heterocycles. The fourth-order valence-electron chi connectivity index (χ4n) is 4.13. The maximum atomic E-state index is 13.4. The molecule has 2 aliphatic rings. The number of allylic oxidation sites excluding steroid dienone is 4. The first-order valence-corrected chi connectivity index (χ1v) is 10.4. The van der Waals surface area contributed by atoms with Crippen molar-refractivity contribution in [3.05, 3.63) is 35.6 Å². The molecule has 1 amide bonds. The molecule has 0 aromatic rings. The largest absolute Gasteiger partial charge is 0.478 e. The standard InChI is InChI=1S/C22H34ClNO2/c1-5-20(10-9-18(4)23)26-22(13-7-6-8-14-22)21(25)24-15-11-19(12-16-24)17(2)3/h5,9-10,17,19H,4,6-8,11-16H2,1-3H3/b10-9-,20-5+. The molecule has 3 nitrogen and oxygen atoms in total. The van der Waals surface area contributed by atoms with Crippen LogP contribution in [0.3, 0.4) is 0 Å². The summed E-state index contributed by atoms with van der Waals surface area (Å²) >= 11 is 5.84. The predicted octanol–water partition coefficient (Wildman–Crippen LogP) is 5.81. The van der Waals surface area contributed by atoms with Crippen molar-refractivity contribution < 1.29 is 9.53 Å². The van der Waals surface area contributed by atoms with Crippen LogP contribution >= 0.6 is 11.6 Å². The second-order valence-corrected chi connectivity index (χ2v) is 8.49. The van der Waals surface area contributed by atoms with Crippen molar-refractivity contribution in [2.24, 2.45) is 11.8 Å². The Hall–Kier alpha value is -1.22. The van der Waals surface area contributed by atoms with Gasteiger partial charge in [-0.15, -0.1) is 0 Å². The molecule has 4 heteroatoms. The highest BCUT2D eigenvalue weighted by Crippen LogP contribution is 2.37. The lowest BCUT2D eigenvalue weighted by Crippen LogP contribution is -2.53. The van der Waals surface area contributed by atoms with Crippen molar-refractivity contribution in [2.75, 3.05) is 13.1 Å². The normalized spacial score (nSPS) is 22.0. The van der Waals surface area contributed by atoms with Gasteiger partial charge in [0, 0.05) is 18.1 Å². The maximum absolute atomic E-state index is 13.4. The molecule has 1 saturated carbocycles. The molecule has 26 heavy (non-hydrogen) atoms. The Labute approximate surface area is 164 Å². The Balaban J connectivity index is 2.13. The molecule has 1 heterocycles. The zero-order chi connectivity index (χ0) is 19.2. The van der Waals surface area contributed by atoms with Crippen molar-refractivity contribution in [2.45, 2.75) is 71.3 Å². The van der Waals surface area contributed by atoms with Crippen LogP contribution in [-0.4, -0.2) is 29.5 Å². The SMILES string of the molecule is C=C(Cl)/C=C\C(=C/C)OC1(C(=O)N2CCC(C(C)C)CC2)CCCCC1. The average Bonchev–Trinajstić information content (AvgIpc) is 2.65. The molecule has 0 N–H and O–H groups in total. The number of ether oxygens (including phenoxy) is 1. The van der Waals surface area contributed by atoms with Gasteiger partial charge in [-0.2, -0.15) is 0 Å². The summed E-state index contributed by atoms with van der Waals surface area (Å²) in [7, 11) is 0. The van der Waals surface area contributed by atoms with Crippen molar-refractivity contribution >= 4 is 17.5 Å². The van der Waals surface area contributed by atoms with Gasteiger partial charge in [0.2, 0.25) is 0 Å². The third-order valence-corrected chi connectivity index (χ3v) is 5.97. The highest BCUT2D eigenvalue weighted by Gasteiger charge is 2.45. The number of carbonyl (C=O) groups is 1. The van der Waals surface area contributed by atoms with E-state index in [0.29, 0.717) is 16.7 Å². The molecule has 1 aliphatic carbocycles. The molecule has 2 rings (SSSR count). The molecule has 146 valence electrons. The first kappa shape index (κ1) is 21.1. The smallest absolute Gasteiger partial charge is 0.266 e. The average molecular weight is 380 g/mol. The van der Waals surface area contributed by atoms with Crippen molar-refractivity contribution in [3.63, 3.8) is 0 Å². The minimum Gasteiger partial charge on any atom is -0.478 e. The van der Waals surface area contributed by atoms with Crippen LogP contribution in [0, 0.1) is 11.8 Å². The van der Waals surface area contributed by atoms with Crippen LogP contribution in [0.5, 0.6) is 0 Å². The van der Waals surface area contributed by atoms with Crippen LogP contribution in [-0.2, 0) is 9.53 Å². The van der Waals surface area contributed by atoms with E-state index in [0.717, 1.165) is 57.5 Å². The molecule has 1 saturated heterocycles. The lowest BCUT2D eigenvalue weighted by atomic mass is 9.81. The lowest BCUT2D eigenvalue weighted by molar-refractivity contribution is -0.158. The number of rotatable bonds is 6. The van der Waals surface area contributed by atoms with Crippen LogP contribution in [0.1, 0.15) is 65.7 Å². The summed E-state index contributed by atoms with van der Waals surface area (Å²) in [5, 5.41) is 0.452. The Bertz CT molecular complexity index is 550. The zero-order valence-electron chi connectivity index (χ0n) is 16.6.